The number of fused-ring (bicyclic) bond motifs is 1. The van der Waals surface area contributed by atoms with E-state index in [-0.39, 0.29) is 12.1 Å². The van der Waals surface area contributed by atoms with Crippen LogP contribution in [-0.2, 0) is 25.7 Å². The van der Waals surface area contributed by atoms with Crippen molar-refractivity contribution >= 4 is 40.2 Å². The van der Waals surface area contributed by atoms with Gasteiger partial charge in [0.2, 0.25) is 0 Å². The summed E-state index contributed by atoms with van der Waals surface area (Å²) in [5.41, 5.74) is 1.42. The SMILES string of the molecule is CC(C)(C)OC(=O)N1CCOC[C@@H]1Cc1c([Si](C)(C)C)[nH]c2ccc(S(C)(=O)=O)cc12. The van der Waals surface area contributed by atoms with E-state index in [9.17, 15) is 13.2 Å². The van der Waals surface area contributed by atoms with Crippen LogP contribution >= 0.6 is 0 Å². The number of aromatic amines is 1. The maximum absolute atomic E-state index is 12.9. The summed E-state index contributed by atoms with van der Waals surface area (Å²) in [6.07, 6.45) is 1.46. The Labute approximate surface area is 186 Å². The molecule has 172 valence electrons. The lowest BCUT2D eigenvalue weighted by atomic mass is 10.0. The van der Waals surface area contributed by atoms with Crippen LogP contribution in [0.15, 0.2) is 23.1 Å². The quantitative estimate of drug-likeness (QED) is 0.699. The molecular weight excluding hydrogens is 432 g/mol. The van der Waals surface area contributed by atoms with Gasteiger partial charge in [-0.25, -0.2) is 13.2 Å². The third kappa shape index (κ3) is 5.50. The van der Waals surface area contributed by atoms with Crippen molar-refractivity contribution in [2.45, 2.75) is 63.4 Å². The Morgan fingerprint density at radius 3 is 2.55 bits per heavy atom. The van der Waals surface area contributed by atoms with E-state index >= 15 is 0 Å². The summed E-state index contributed by atoms with van der Waals surface area (Å²) in [6, 6.07) is 5.05. The fourth-order valence-corrected chi connectivity index (χ4v) is 6.23. The van der Waals surface area contributed by atoms with Gasteiger partial charge in [0.1, 0.15) is 5.60 Å². The molecule has 1 N–H and O–H groups in total. The van der Waals surface area contributed by atoms with Gasteiger partial charge in [-0.05, 0) is 51.0 Å². The summed E-state index contributed by atoms with van der Waals surface area (Å²) in [7, 11) is -5.10. The minimum Gasteiger partial charge on any atom is -0.444 e. The number of sulfone groups is 1. The van der Waals surface area contributed by atoms with Crippen molar-refractivity contribution in [3.63, 3.8) is 0 Å². The van der Waals surface area contributed by atoms with Crippen molar-refractivity contribution in [2.75, 3.05) is 26.0 Å². The van der Waals surface area contributed by atoms with Crippen LogP contribution in [0.5, 0.6) is 0 Å². The van der Waals surface area contributed by atoms with Crippen molar-refractivity contribution in [2.24, 2.45) is 0 Å². The largest absolute Gasteiger partial charge is 0.444 e. The van der Waals surface area contributed by atoms with Gasteiger partial charge in [0.05, 0.1) is 32.2 Å². The molecule has 1 atom stereocenters. The first-order valence-corrected chi connectivity index (χ1v) is 16.0. The second-order valence-corrected chi connectivity index (χ2v) is 17.3. The standard InChI is InChI=1S/C22H34N2O5SSi/c1-22(2,3)29-21(25)24-10-11-28-14-15(24)12-18-17-13-16(30(4,26)27)8-9-19(17)23-20(18)31(5,6)7/h8-9,13,15,23H,10-12,14H2,1-7H3/t15-/m0/s1. The van der Waals surface area contributed by atoms with Crippen molar-refractivity contribution in [1.29, 1.82) is 0 Å². The number of nitrogens with zero attached hydrogens (tertiary/aromatic N) is 1. The molecule has 9 heteroatoms. The highest BCUT2D eigenvalue weighted by Gasteiger charge is 2.34. The number of aromatic nitrogens is 1. The van der Waals surface area contributed by atoms with Gasteiger partial charge in [0.25, 0.3) is 0 Å². The Morgan fingerprint density at radius 2 is 1.97 bits per heavy atom. The number of morpholine rings is 1. The summed E-state index contributed by atoms with van der Waals surface area (Å²) in [6.45, 7) is 13.7. The van der Waals surface area contributed by atoms with Gasteiger partial charge in [-0.15, -0.1) is 0 Å². The molecule has 1 aromatic carbocycles. The zero-order valence-electron chi connectivity index (χ0n) is 19.5. The number of hydrogen-bond acceptors (Lipinski definition) is 5. The van der Waals surface area contributed by atoms with E-state index in [0.29, 0.717) is 31.1 Å². The van der Waals surface area contributed by atoms with E-state index in [2.05, 4.69) is 24.6 Å². The molecule has 0 radical (unpaired) electrons. The first-order valence-electron chi connectivity index (χ1n) is 10.6. The summed E-state index contributed by atoms with van der Waals surface area (Å²) in [5, 5.41) is 2.07. The van der Waals surface area contributed by atoms with Crippen LogP contribution < -0.4 is 5.32 Å². The van der Waals surface area contributed by atoms with E-state index in [1.165, 1.54) is 11.6 Å². The van der Waals surface area contributed by atoms with Crippen LogP contribution in [0.1, 0.15) is 26.3 Å². The van der Waals surface area contributed by atoms with Gasteiger partial charge in [-0.1, -0.05) is 19.6 Å². The van der Waals surface area contributed by atoms with Crippen molar-refractivity contribution in [3.8, 4) is 0 Å². The smallest absolute Gasteiger partial charge is 0.410 e. The Hall–Kier alpha value is -1.84. The highest BCUT2D eigenvalue weighted by atomic mass is 32.2. The van der Waals surface area contributed by atoms with Crippen molar-refractivity contribution < 1.29 is 22.7 Å². The van der Waals surface area contributed by atoms with Crippen LogP contribution in [0.25, 0.3) is 10.9 Å². The van der Waals surface area contributed by atoms with E-state index < -0.39 is 23.5 Å². The normalized spacial score (nSPS) is 18.4. The Morgan fingerprint density at radius 1 is 1.29 bits per heavy atom. The van der Waals surface area contributed by atoms with Crippen molar-refractivity contribution in [1.82, 2.24) is 9.88 Å². The summed E-state index contributed by atoms with van der Waals surface area (Å²) in [4.78, 5) is 18.4. The van der Waals surface area contributed by atoms with Gasteiger partial charge in [0, 0.05) is 29.0 Å². The molecule has 2 aromatic rings. The highest BCUT2D eigenvalue weighted by Crippen LogP contribution is 2.26. The first-order chi connectivity index (χ1) is 14.2. The minimum atomic E-state index is -3.33. The highest BCUT2D eigenvalue weighted by molar-refractivity contribution is 7.90. The molecular formula is C22H34N2O5SSi. The predicted octanol–water partition coefficient (Wildman–Crippen LogP) is 3.30. The lowest BCUT2D eigenvalue weighted by Gasteiger charge is -2.37. The molecule has 1 aromatic heterocycles. The van der Waals surface area contributed by atoms with Crippen LogP contribution in [0.3, 0.4) is 0 Å². The third-order valence-corrected chi connectivity index (χ3v) is 8.39. The molecule has 0 unspecified atom stereocenters. The van der Waals surface area contributed by atoms with Gasteiger partial charge in [0.15, 0.2) is 9.84 Å². The molecule has 3 rings (SSSR count). The lowest BCUT2D eigenvalue weighted by molar-refractivity contribution is -0.0318. The second kappa shape index (κ2) is 8.25. The zero-order valence-corrected chi connectivity index (χ0v) is 21.4. The number of carbonyl (C=O) groups is 1. The number of rotatable bonds is 4. The minimum absolute atomic E-state index is 0.181. The predicted molar refractivity (Wildman–Crippen MR) is 126 cm³/mol. The third-order valence-electron chi connectivity index (χ3n) is 5.35. The monoisotopic (exact) mass is 466 g/mol. The van der Waals surface area contributed by atoms with Gasteiger partial charge in [-0.2, -0.15) is 0 Å². The number of H-pyrrole nitrogens is 1. The number of hydrogen-bond donors (Lipinski definition) is 1. The Bertz CT molecular complexity index is 1080. The molecule has 0 bridgehead atoms. The van der Waals surface area contributed by atoms with E-state index in [0.717, 1.165) is 16.5 Å². The average molecular weight is 467 g/mol. The molecule has 2 heterocycles. The molecule has 1 saturated heterocycles. The number of ether oxygens (including phenoxy) is 2. The summed E-state index contributed by atoms with van der Waals surface area (Å²) < 4.78 is 35.7. The molecule has 31 heavy (non-hydrogen) atoms. The maximum atomic E-state index is 12.9. The van der Waals surface area contributed by atoms with Gasteiger partial charge >= 0.3 is 6.09 Å². The fraction of sp³-hybridized carbons (Fsp3) is 0.591. The average Bonchev–Trinajstić information content (AvgIpc) is 2.98. The Kier molecular flexibility index (Phi) is 6.34. The second-order valence-electron chi connectivity index (χ2n) is 10.3. The lowest BCUT2D eigenvalue weighted by Crippen LogP contribution is -2.52. The van der Waals surface area contributed by atoms with Gasteiger partial charge < -0.3 is 19.4 Å². The van der Waals surface area contributed by atoms with Crippen LogP contribution in [-0.4, -0.2) is 70.1 Å². The van der Waals surface area contributed by atoms with Crippen LogP contribution in [0.4, 0.5) is 4.79 Å². The molecule has 0 spiro atoms. The topological polar surface area (TPSA) is 88.7 Å². The maximum Gasteiger partial charge on any atom is 0.410 e. The zero-order chi connectivity index (χ0) is 23.2. The molecule has 0 aliphatic carbocycles. The van der Waals surface area contributed by atoms with E-state index in [4.69, 9.17) is 9.47 Å². The number of amides is 1. The molecule has 0 saturated carbocycles. The molecule has 1 aliphatic rings. The number of carbonyl (C=O) groups excluding carboxylic acids is 1. The Balaban J connectivity index is 2.06. The summed E-state index contributed by atoms with van der Waals surface area (Å²) >= 11 is 0. The van der Waals surface area contributed by atoms with Crippen LogP contribution in [0.2, 0.25) is 19.6 Å². The van der Waals surface area contributed by atoms with Crippen molar-refractivity contribution in [3.05, 3.63) is 23.8 Å². The molecule has 1 aliphatic heterocycles. The van der Waals surface area contributed by atoms with Gasteiger partial charge in [-0.3, -0.25) is 0 Å². The number of benzene rings is 1. The molecule has 1 fully saturated rings. The van der Waals surface area contributed by atoms with Crippen LogP contribution in [0, 0.1) is 0 Å². The molecule has 1 amide bonds. The van der Waals surface area contributed by atoms with E-state index in [1.54, 1.807) is 17.0 Å². The van der Waals surface area contributed by atoms with E-state index in [1.807, 2.05) is 26.8 Å². The summed E-state index contributed by atoms with van der Waals surface area (Å²) in [5.74, 6) is 0. The number of nitrogens with one attached hydrogen (secondary N) is 1. The fourth-order valence-electron chi connectivity index (χ4n) is 3.93. The first kappa shape index (κ1) is 23.8. The molecule has 7 nitrogen and oxygen atoms in total.